The van der Waals surface area contributed by atoms with Gasteiger partial charge in [0.1, 0.15) is 5.82 Å². The number of rotatable bonds is 4. The van der Waals surface area contributed by atoms with Crippen LogP contribution >= 0.6 is 11.6 Å². The fourth-order valence-corrected chi connectivity index (χ4v) is 3.27. The minimum atomic E-state index is -0.325. The molecule has 1 atom stereocenters. The lowest BCUT2D eigenvalue weighted by molar-refractivity contribution is -0.122. The van der Waals surface area contributed by atoms with Crippen molar-refractivity contribution >= 4 is 17.5 Å². The van der Waals surface area contributed by atoms with Crippen LogP contribution in [-0.4, -0.2) is 25.0 Å². The Bertz CT molecular complexity index is 525. The van der Waals surface area contributed by atoms with Crippen LogP contribution in [0.15, 0.2) is 18.2 Å². The summed E-state index contributed by atoms with van der Waals surface area (Å²) in [6.07, 6.45) is 3.91. The van der Waals surface area contributed by atoms with Crippen LogP contribution in [0.25, 0.3) is 0 Å². The Morgan fingerprint density at radius 2 is 2.30 bits per heavy atom. The molecule has 0 bridgehead atoms. The van der Waals surface area contributed by atoms with E-state index in [1.165, 1.54) is 12.1 Å². The number of benzene rings is 1. The van der Waals surface area contributed by atoms with Crippen molar-refractivity contribution in [1.82, 2.24) is 10.6 Å². The van der Waals surface area contributed by atoms with E-state index in [0.29, 0.717) is 11.6 Å². The van der Waals surface area contributed by atoms with Gasteiger partial charge in [0.15, 0.2) is 0 Å². The van der Waals surface area contributed by atoms with E-state index in [0.717, 1.165) is 37.8 Å². The zero-order valence-electron chi connectivity index (χ0n) is 11.2. The molecular weight excluding hydrogens is 279 g/mol. The van der Waals surface area contributed by atoms with E-state index in [2.05, 4.69) is 10.6 Å². The summed E-state index contributed by atoms with van der Waals surface area (Å²) >= 11 is 6.13. The Kier molecular flexibility index (Phi) is 3.69. The number of hydrogen-bond donors (Lipinski definition) is 2. The van der Waals surface area contributed by atoms with Gasteiger partial charge in [-0.15, -0.1) is 0 Å². The van der Waals surface area contributed by atoms with Crippen LogP contribution in [0.4, 0.5) is 4.39 Å². The summed E-state index contributed by atoms with van der Waals surface area (Å²) in [4.78, 5) is 12.0. The first-order valence-electron chi connectivity index (χ1n) is 7.07. The van der Waals surface area contributed by atoms with Crippen molar-refractivity contribution in [1.29, 1.82) is 0 Å². The molecule has 0 aromatic heterocycles. The van der Waals surface area contributed by atoms with E-state index in [4.69, 9.17) is 11.6 Å². The van der Waals surface area contributed by atoms with Crippen molar-refractivity contribution in [2.24, 2.45) is 0 Å². The molecule has 1 unspecified atom stereocenters. The van der Waals surface area contributed by atoms with Crippen molar-refractivity contribution in [3.8, 4) is 0 Å². The Labute approximate surface area is 122 Å². The van der Waals surface area contributed by atoms with Crippen molar-refractivity contribution in [2.45, 2.75) is 37.1 Å². The van der Waals surface area contributed by atoms with E-state index >= 15 is 0 Å². The summed E-state index contributed by atoms with van der Waals surface area (Å²) in [6.45, 7) is 1.49. The molecule has 1 saturated carbocycles. The van der Waals surface area contributed by atoms with E-state index < -0.39 is 0 Å². The Morgan fingerprint density at radius 3 is 2.90 bits per heavy atom. The van der Waals surface area contributed by atoms with Gasteiger partial charge in [-0.2, -0.15) is 0 Å². The van der Waals surface area contributed by atoms with Crippen molar-refractivity contribution < 1.29 is 9.18 Å². The van der Waals surface area contributed by atoms with Gasteiger partial charge in [0.2, 0.25) is 5.91 Å². The van der Waals surface area contributed by atoms with Gasteiger partial charge in [-0.25, -0.2) is 4.39 Å². The Morgan fingerprint density at radius 1 is 1.50 bits per heavy atom. The third kappa shape index (κ3) is 2.67. The zero-order chi connectivity index (χ0) is 14.2. The molecule has 3 rings (SSSR count). The average Bonchev–Trinajstić information content (AvgIpc) is 2.99. The maximum absolute atomic E-state index is 13.1. The number of carbonyl (C=O) groups excluding carboxylic acids is 1. The summed E-state index contributed by atoms with van der Waals surface area (Å²) in [5, 5.41) is 6.65. The lowest BCUT2D eigenvalue weighted by Gasteiger charge is -2.19. The first kappa shape index (κ1) is 13.8. The molecule has 1 aliphatic heterocycles. The summed E-state index contributed by atoms with van der Waals surface area (Å²) < 4.78 is 13.1. The Balaban J connectivity index is 1.65. The van der Waals surface area contributed by atoms with Crippen molar-refractivity contribution in [3.63, 3.8) is 0 Å². The third-order valence-electron chi connectivity index (χ3n) is 4.33. The van der Waals surface area contributed by atoms with Crippen LogP contribution < -0.4 is 10.6 Å². The molecule has 1 saturated heterocycles. The van der Waals surface area contributed by atoms with E-state index in [1.807, 2.05) is 0 Å². The maximum Gasteiger partial charge on any atom is 0.237 e. The summed E-state index contributed by atoms with van der Waals surface area (Å²) in [7, 11) is 0. The highest BCUT2D eigenvalue weighted by Gasteiger charge is 2.46. The van der Waals surface area contributed by atoms with Crippen LogP contribution in [-0.2, 0) is 10.2 Å². The number of amides is 1. The predicted molar refractivity (Wildman–Crippen MR) is 76.4 cm³/mol. The highest BCUT2D eigenvalue weighted by atomic mass is 35.5. The lowest BCUT2D eigenvalue weighted by Crippen LogP contribution is -2.43. The van der Waals surface area contributed by atoms with Crippen molar-refractivity contribution in [2.75, 3.05) is 13.1 Å². The quantitative estimate of drug-likeness (QED) is 0.896. The highest BCUT2D eigenvalue weighted by molar-refractivity contribution is 6.31. The van der Waals surface area contributed by atoms with Gasteiger partial charge in [-0.1, -0.05) is 17.7 Å². The molecule has 0 spiro atoms. The minimum absolute atomic E-state index is 0.0607. The molecule has 2 aliphatic rings. The molecule has 0 radical (unpaired) electrons. The SMILES string of the molecule is O=C(NCC1(c2ccc(F)cc2Cl)CC1)C1CCCN1. The minimum Gasteiger partial charge on any atom is -0.354 e. The smallest absolute Gasteiger partial charge is 0.237 e. The summed E-state index contributed by atoms with van der Waals surface area (Å²) in [6, 6.07) is 4.46. The Hall–Kier alpha value is -1.13. The molecule has 1 heterocycles. The second-order valence-corrected chi connectivity index (χ2v) is 6.18. The largest absolute Gasteiger partial charge is 0.354 e. The third-order valence-corrected chi connectivity index (χ3v) is 4.65. The topological polar surface area (TPSA) is 41.1 Å². The van der Waals surface area contributed by atoms with Crippen LogP contribution in [0.1, 0.15) is 31.2 Å². The maximum atomic E-state index is 13.1. The number of halogens is 2. The van der Waals surface area contributed by atoms with E-state index in [1.54, 1.807) is 6.07 Å². The average molecular weight is 297 g/mol. The monoisotopic (exact) mass is 296 g/mol. The molecule has 1 aromatic carbocycles. The van der Waals surface area contributed by atoms with Crippen LogP contribution in [0.2, 0.25) is 5.02 Å². The first-order chi connectivity index (χ1) is 9.61. The van der Waals surface area contributed by atoms with Gasteiger partial charge < -0.3 is 10.6 Å². The van der Waals surface area contributed by atoms with Gasteiger partial charge in [-0.05, 0) is 49.9 Å². The normalized spacial score (nSPS) is 23.6. The van der Waals surface area contributed by atoms with Crippen LogP contribution in [0, 0.1) is 5.82 Å². The fraction of sp³-hybridized carbons (Fsp3) is 0.533. The van der Waals surface area contributed by atoms with E-state index in [-0.39, 0.29) is 23.2 Å². The summed E-state index contributed by atoms with van der Waals surface area (Å²) in [5.41, 5.74) is 0.847. The molecule has 1 aliphatic carbocycles. The van der Waals surface area contributed by atoms with Crippen molar-refractivity contribution in [3.05, 3.63) is 34.6 Å². The molecule has 1 amide bonds. The van der Waals surface area contributed by atoms with Gasteiger partial charge in [0.25, 0.3) is 0 Å². The van der Waals surface area contributed by atoms with Gasteiger partial charge in [-0.3, -0.25) is 4.79 Å². The number of carbonyl (C=O) groups is 1. The molecule has 5 heteroatoms. The number of hydrogen-bond acceptors (Lipinski definition) is 2. The predicted octanol–water partition coefficient (Wildman–Crippen LogP) is 2.38. The van der Waals surface area contributed by atoms with Gasteiger partial charge in [0, 0.05) is 17.0 Å². The molecule has 2 fully saturated rings. The van der Waals surface area contributed by atoms with Crippen LogP contribution in [0.3, 0.4) is 0 Å². The summed E-state index contributed by atoms with van der Waals surface area (Å²) in [5.74, 6) is -0.263. The zero-order valence-corrected chi connectivity index (χ0v) is 12.0. The molecule has 3 nitrogen and oxygen atoms in total. The molecular formula is C15H18ClFN2O. The first-order valence-corrected chi connectivity index (χ1v) is 7.45. The van der Waals surface area contributed by atoms with Gasteiger partial charge in [0.05, 0.1) is 6.04 Å². The van der Waals surface area contributed by atoms with Crippen LogP contribution in [0.5, 0.6) is 0 Å². The molecule has 2 N–H and O–H groups in total. The van der Waals surface area contributed by atoms with E-state index in [9.17, 15) is 9.18 Å². The standard InChI is InChI=1S/C15H18ClFN2O/c16-12-8-10(17)3-4-11(12)15(5-6-15)9-19-14(20)13-2-1-7-18-13/h3-4,8,13,18H,1-2,5-7,9H2,(H,19,20). The molecule has 1 aromatic rings. The highest BCUT2D eigenvalue weighted by Crippen LogP contribution is 2.50. The number of nitrogens with one attached hydrogen (secondary N) is 2. The lowest BCUT2D eigenvalue weighted by atomic mass is 9.95. The molecule has 20 heavy (non-hydrogen) atoms. The second kappa shape index (κ2) is 5.34. The second-order valence-electron chi connectivity index (χ2n) is 5.77. The molecule has 108 valence electrons. The fourth-order valence-electron chi connectivity index (χ4n) is 2.90. The van der Waals surface area contributed by atoms with Gasteiger partial charge >= 0.3 is 0 Å².